The summed E-state index contributed by atoms with van der Waals surface area (Å²) in [5.74, 6) is 1.10. The van der Waals surface area contributed by atoms with E-state index in [4.69, 9.17) is 0 Å². The number of aryl methyl sites for hydroxylation is 3. The van der Waals surface area contributed by atoms with Gasteiger partial charge in [0.25, 0.3) is 0 Å². The van der Waals surface area contributed by atoms with Gasteiger partial charge in [-0.2, -0.15) is 0 Å². The molecule has 0 atom stereocenters. The minimum absolute atomic E-state index is 0.485. The van der Waals surface area contributed by atoms with Gasteiger partial charge in [-0.1, -0.05) is 0 Å². The lowest BCUT2D eigenvalue weighted by Gasteiger charge is -2.25. The molecule has 0 bridgehead atoms. The van der Waals surface area contributed by atoms with E-state index >= 15 is 0 Å². The molecule has 2 aromatic rings. The van der Waals surface area contributed by atoms with Gasteiger partial charge in [-0.05, 0) is 27.7 Å². The van der Waals surface area contributed by atoms with Crippen LogP contribution in [-0.4, -0.2) is 25.5 Å². The number of imidazole rings is 1. The second-order valence-corrected chi connectivity index (χ2v) is 6.48. The number of hydrogen-bond acceptors (Lipinski definition) is 4. The summed E-state index contributed by atoms with van der Waals surface area (Å²) in [6.07, 6.45) is 3.85. The molecule has 104 valence electrons. The second-order valence-electron chi connectivity index (χ2n) is 5.19. The first-order valence-electron chi connectivity index (χ1n) is 6.60. The maximum Gasteiger partial charge on any atom is 0.122 e. The third-order valence-electron chi connectivity index (χ3n) is 3.34. The highest BCUT2D eigenvalue weighted by Gasteiger charge is 2.16. The molecular formula is C14H22N4S. The predicted octanol–water partition coefficient (Wildman–Crippen LogP) is 2.90. The topological polar surface area (TPSA) is 34.0 Å². The fourth-order valence-corrected chi connectivity index (χ4v) is 3.02. The summed E-state index contributed by atoms with van der Waals surface area (Å²) in [5.41, 5.74) is 1.16. The molecule has 2 heterocycles. The number of thiazole rings is 1. The van der Waals surface area contributed by atoms with Gasteiger partial charge in [0.05, 0.1) is 17.2 Å². The molecule has 2 aromatic heterocycles. The fraction of sp³-hybridized carbons (Fsp3) is 0.571. The average Bonchev–Trinajstić information content (AvgIpc) is 2.85. The van der Waals surface area contributed by atoms with E-state index in [1.165, 1.54) is 4.88 Å². The Hall–Kier alpha value is -1.20. The Morgan fingerprint density at radius 2 is 2.05 bits per heavy atom. The summed E-state index contributed by atoms with van der Waals surface area (Å²) in [6.45, 7) is 10.4. The third-order valence-corrected chi connectivity index (χ3v) is 4.40. The van der Waals surface area contributed by atoms with Gasteiger partial charge < -0.3 is 4.57 Å². The molecule has 0 aliphatic rings. The second kappa shape index (κ2) is 5.84. The van der Waals surface area contributed by atoms with Crippen LogP contribution in [0.5, 0.6) is 0 Å². The van der Waals surface area contributed by atoms with Crippen LogP contribution >= 0.6 is 11.3 Å². The maximum atomic E-state index is 4.51. The van der Waals surface area contributed by atoms with Gasteiger partial charge in [0.2, 0.25) is 0 Å². The summed E-state index contributed by atoms with van der Waals surface area (Å²) < 4.78 is 2.08. The minimum Gasteiger partial charge on any atom is -0.337 e. The van der Waals surface area contributed by atoms with Gasteiger partial charge >= 0.3 is 0 Å². The largest absolute Gasteiger partial charge is 0.337 e. The van der Waals surface area contributed by atoms with Crippen LogP contribution in [0.1, 0.15) is 35.3 Å². The molecule has 0 spiro atoms. The van der Waals surface area contributed by atoms with Crippen molar-refractivity contribution in [1.82, 2.24) is 19.4 Å². The predicted molar refractivity (Wildman–Crippen MR) is 79.2 cm³/mol. The SMILES string of the molecule is Cc1nc(C)c(CN(Cc2nccn2C)C(C)C)s1. The van der Waals surface area contributed by atoms with E-state index in [-0.39, 0.29) is 0 Å². The lowest BCUT2D eigenvalue weighted by Crippen LogP contribution is -2.30. The van der Waals surface area contributed by atoms with Gasteiger partial charge in [-0.15, -0.1) is 11.3 Å². The number of hydrogen-bond donors (Lipinski definition) is 0. The molecule has 5 heteroatoms. The van der Waals surface area contributed by atoms with E-state index in [0.717, 1.165) is 29.6 Å². The zero-order valence-corrected chi connectivity index (χ0v) is 13.2. The van der Waals surface area contributed by atoms with E-state index in [0.29, 0.717) is 6.04 Å². The van der Waals surface area contributed by atoms with Crippen molar-refractivity contribution in [3.8, 4) is 0 Å². The van der Waals surface area contributed by atoms with E-state index < -0.39 is 0 Å². The first kappa shape index (κ1) is 14.2. The quantitative estimate of drug-likeness (QED) is 0.843. The van der Waals surface area contributed by atoms with Gasteiger partial charge in [0.1, 0.15) is 5.82 Å². The Labute approximate surface area is 119 Å². The molecular weight excluding hydrogens is 256 g/mol. The van der Waals surface area contributed by atoms with E-state index in [2.05, 4.69) is 47.1 Å². The van der Waals surface area contributed by atoms with Crippen LogP contribution in [0.15, 0.2) is 12.4 Å². The van der Waals surface area contributed by atoms with E-state index in [1.807, 2.05) is 19.4 Å². The standard InChI is InChI=1S/C14H22N4S/c1-10(2)18(9-14-15-6-7-17(14)5)8-13-11(3)16-12(4)19-13/h6-7,10H,8-9H2,1-5H3. The van der Waals surface area contributed by atoms with Crippen LogP contribution in [0.4, 0.5) is 0 Å². The summed E-state index contributed by atoms with van der Waals surface area (Å²) in [4.78, 5) is 12.7. The molecule has 0 saturated carbocycles. The molecule has 2 rings (SSSR count). The molecule has 0 unspecified atom stereocenters. The lowest BCUT2D eigenvalue weighted by atomic mass is 10.2. The fourth-order valence-electron chi connectivity index (χ4n) is 2.06. The summed E-state index contributed by atoms with van der Waals surface area (Å²) in [7, 11) is 2.04. The summed E-state index contributed by atoms with van der Waals surface area (Å²) in [5, 5.41) is 1.15. The molecule has 0 aliphatic carbocycles. The molecule has 0 aromatic carbocycles. The Morgan fingerprint density at radius 3 is 2.53 bits per heavy atom. The van der Waals surface area contributed by atoms with Crippen LogP contribution in [0.3, 0.4) is 0 Å². The van der Waals surface area contributed by atoms with Crippen molar-refractivity contribution in [3.63, 3.8) is 0 Å². The molecule has 19 heavy (non-hydrogen) atoms. The van der Waals surface area contributed by atoms with Gasteiger partial charge in [0.15, 0.2) is 0 Å². The van der Waals surface area contributed by atoms with Gasteiger partial charge in [0, 0.05) is 36.9 Å². The smallest absolute Gasteiger partial charge is 0.122 e. The van der Waals surface area contributed by atoms with Crippen LogP contribution in [-0.2, 0) is 20.1 Å². The highest BCUT2D eigenvalue weighted by atomic mass is 32.1. The van der Waals surface area contributed by atoms with Crippen molar-refractivity contribution in [1.29, 1.82) is 0 Å². The number of aromatic nitrogens is 3. The van der Waals surface area contributed by atoms with Gasteiger partial charge in [-0.25, -0.2) is 9.97 Å². The Kier molecular flexibility index (Phi) is 4.37. The third kappa shape index (κ3) is 3.42. The maximum absolute atomic E-state index is 4.51. The van der Waals surface area contributed by atoms with Crippen molar-refractivity contribution in [3.05, 3.63) is 33.8 Å². The first-order valence-corrected chi connectivity index (χ1v) is 7.42. The lowest BCUT2D eigenvalue weighted by molar-refractivity contribution is 0.198. The van der Waals surface area contributed by atoms with Crippen molar-refractivity contribution in [2.24, 2.45) is 7.05 Å². The highest BCUT2D eigenvalue weighted by Crippen LogP contribution is 2.21. The summed E-state index contributed by atoms with van der Waals surface area (Å²) >= 11 is 1.80. The monoisotopic (exact) mass is 278 g/mol. The van der Waals surface area contributed by atoms with Crippen LogP contribution < -0.4 is 0 Å². The molecule has 0 N–H and O–H groups in total. The number of rotatable bonds is 5. The summed E-state index contributed by atoms with van der Waals surface area (Å²) in [6, 6.07) is 0.485. The molecule has 0 amide bonds. The highest BCUT2D eigenvalue weighted by molar-refractivity contribution is 7.11. The minimum atomic E-state index is 0.485. The Balaban J connectivity index is 2.13. The molecule has 0 saturated heterocycles. The molecule has 4 nitrogen and oxygen atoms in total. The molecule has 0 aliphatic heterocycles. The van der Waals surface area contributed by atoms with Crippen molar-refractivity contribution >= 4 is 11.3 Å². The molecule has 0 fully saturated rings. The van der Waals surface area contributed by atoms with Crippen molar-refractivity contribution in [2.45, 2.75) is 46.8 Å². The Bertz CT molecular complexity index is 541. The zero-order chi connectivity index (χ0) is 14.0. The Morgan fingerprint density at radius 1 is 1.32 bits per heavy atom. The van der Waals surface area contributed by atoms with Crippen LogP contribution in [0.2, 0.25) is 0 Å². The molecule has 0 radical (unpaired) electrons. The van der Waals surface area contributed by atoms with Crippen LogP contribution in [0, 0.1) is 13.8 Å². The van der Waals surface area contributed by atoms with Gasteiger partial charge in [-0.3, -0.25) is 4.90 Å². The first-order chi connectivity index (χ1) is 8.97. The number of nitrogens with zero attached hydrogens (tertiary/aromatic N) is 4. The van der Waals surface area contributed by atoms with Crippen molar-refractivity contribution in [2.75, 3.05) is 0 Å². The van der Waals surface area contributed by atoms with E-state index in [1.54, 1.807) is 11.3 Å². The zero-order valence-electron chi connectivity index (χ0n) is 12.3. The van der Waals surface area contributed by atoms with Crippen LogP contribution in [0.25, 0.3) is 0 Å². The average molecular weight is 278 g/mol. The normalized spacial score (nSPS) is 11.7. The van der Waals surface area contributed by atoms with Crippen molar-refractivity contribution < 1.29 is 0 Å². The van der Waals surface area contributed by atoms with E-state index in [9.17, 15) is 0 Å².